The second kappa shape index (κ2) is 6.58. The molecule has 4 N–H and O–H groups in total. The predicted octanol–water partition coefficient (Wildman–Crippen LogP) is 1.25. The summed E-state index contributed by atoms with van der Waals surface area (Å²) in [5.74, 6) is 0. The Morgan fingerprint density at radius 2 is 2.20 bits per heavy atom. The number of hydrogen-bond donors (Lipinski definition) is 2. The van der Waals surface area contributed by atoms with Gasteiger partial charge in [0.2, 0.25) is 0 Å². The zero-order chi connectivity index (χ0) is 7.82. The van der Waals surface area contributed by atoms with Crippen molar-refractivity contribution in [3.8, 4) is 0 Å². The molecule has 56 valence electrons. The Labute approximate surface area is 69.4 Å². The van der Waals surface area contributed by atoms with Crippen LogP contribution in [-0.4, -0.2) is 6.54 Å². The van der Waals surface area contributed by atoms with Gasteiger partial charge < -0.3 is 11.5 Å². The van der Waals surface area contributed by atoms with Gasteiger partial charge in [-0.2, -0.15) is 0 Å². The molecule has 10 heavy (non-hydrogen) atoms. The monoisotopic (exact) mass is 202 g/mol. The average Bonchev–Trinajstić information content (AvgIpc) is 1.97. The summed E-state index contributed by atoms with van der Waals surface area (Å²) in [6, 6.07) is 0. The third-order valence-electron chi connectivity index (χ3n) is 0.780. The Balaban J connectivity index is 3.81. The predicted molar refractivity (Wildman–Crippen MR) is 48.5 cm³/mol. The van der Waals surface area contributed by atoms with E-state index in [9.17, 15) is 0 Å². The van der Waals surface area contributed by atoms with Gasteiger partial charge in [0.25, 0.3) is 0 Å². The molecule has 0 unspecified atom stereocenters. The van der Waals surface area contributed by atoms with Crippen molar-refractivity contribution in [2.24, 2.45) is 11.5 Å². The molecule has 0 aliphatic carbocycles. The minimum absolute atomic E-state index is 0.551. The Bertz CT molecular complexity index is 159. The van der Waals surface area contributed by atoms with Gasteiger partial charge in [-0.25, -0.2) is 0 Å². The van der Waals surface area contributed by atoms with E-state index >= 15 is 0 Å². The molecule has 0 aromatic heterocycles. The Kier molecular flexibility index (Phi) is 6.22. The zero-order valence-electron chi connectivity index (χ0n) is 5.63. The van der Waals surface area contributed by atoms with Gasteiger partial charge in [0.1, 0.15) is 0 Å². The van der Waals surface area contributed by atoms with Gasteiger partial charge in [-0.3, -0.25) is 0 Å². The van der Waals surface area contributed by atoms with Crippen LogP contribution in [0.1, 0.15) is 0 Å². The highest BCUT2D eigenvalue weighted by Gasteiger charge is 1.77. The van der Waals surface area contributed by atoms with Gasteiger partial charge in [-0.1, -0.05) is 28.1 Å². The fourth-order valence-corrected chi connectivity index (χ4v) is 0.723. The minimum atomic E-state index is 0.551. The van der Waals surface area contributed by atoms with Gasteiger partial charge in [0.05, 0.1) is 0 Å². The summed E-state index contributed by atoms with van der Waals surface area (Å²) in [7, 11) is 0. The molecule has 2 nitrogen and oxygen atoms in total. The van der Waals surface area contributed by atoms with Crippen LogP contribution in [0.15, 0.2) is 35.0 Å². The third-order valence-corrected chi connectivity index (χ3v) is 1.31. The van der Waals surface area contributed by atoms with Crippen molar-refractivity contribution in [2.75, 3.05) is 6.54 Å². The lowest BCUT2D eigenvalue weighted by Crippen LogP contribution is -1.91. The van der Waals surface area contributed by atoms with E-state index in [-0.39, 0.29) is 0 Å². The maximum atomic E-state index is 5.23. The van der Waals surface area contributed by atoms with Crippen LogP contribution in [0.2, 0.25) is 0 Å². The SMILES string of the molecule is N/C=C/C=C(Br)\C=C\CN. The maximum absolute atomic E-state index is 5.23. The van der Waals surface area contributed by atoms with Crippen LogP contribution >= 0.6 is 15.9 Å². The summed E-state index contributed by atoms with van der Waals surface area (Å²) in [6.45, 7) is 0.551. The fraction of sp³-hybridized carbons (Fsp3) is 0.143. The molecular weight excluding hydrogens is 192 g/mol. The number of rotatable bonds is 3. The third kappa shape index (κ3) is 5.59. The second-order valence-electron chi connectivity index (χ2n) is 1.57. The molecule has 0 aromatic rings. The van der Waals surface area contributed by atoms with E-state index in [4.69, 9.17) is 11.5 Å². The topological polar surface area (TPSA) is 52.0 Å². The van der Waals surface area contributed by atoms with Crippen LogP contribution in [0.4, 0.5) is 0 Å². The standard InChI is InChI=1S/C7H11BrN2/c8-7(3-1-5-9)4-2-6-10/h1-5H,6,9-10H2/b4-2+,5-1+,7-3+. The molecule has 0 bridgehead atoms. The van der Waals surface area contributed by atoms with Crippen molar-refractivity contribution in [1.29, 1.82) is 0 Å². The molecule has 0 saturated heterocycles. The van der Waals surface area contributed by atoms with E-state index in [2.05, 4.69) is 15.9 Å². The molecule has 0 aliphatic heterocycles. The van der Waals surface area contributed by atoms with Crippen LogP contribution < -0.4 is 11.5 Å². The van der Waals surface area contributed by atoms with E-state index in [1.807, 2.05) is 18.2 Å². The molecule has 0 atom stereocenters. The van der Waals surface area contributed by atoms with Gasteiger partial charge in [-0.15, -0.1) is 0 Å². The summed E-state index contributed by atoms with van der Waals surface area (Å²) >= 11 is 3.29. The molecule has 0 radical (unpaired) electrons. The van der Waals surface area contributed by atoms with E-state index in [0.717, 1.165) is 4.48 Å². The summed E-state index contributed by atoms with van der Waals surface area (Å²) in [6.07, 6.45) is 8.78. The molecule has 0 fully saturated rings. The maximum Gasteiger partial charge on any atom is 0.0173 e. The number of allylic oxidation sites excluding steroid dienone is 4. The first kappa shape index (κ1) is 9.46. The first-order valence-corrected chi connectivity index (χ1v) is 3.71. The Morgan fingerprint density at radius 1 is 1.50 bits per heavy atom. The molecule has 0 saturated carbocycles. The van der Waals surface area contributed by atoms with Crippen LogP contribution in [-0.2, 0) is 0 Å². The average molecular weight is 203 g/mol. The number of nitrogens with two attached hydrogens (primary N) is 2. The molecule has 0 aromatic carbocycles. The highest BCUT2D eigenvalue weighted by molar-refractivity contribution is 9.11. The van der Waals surface area contributed by atoms with Crippen molar-refractivity contribution in [2.45, 2.75) is 0 Å². The van der Waals surface area contributed by atoms with Gasteiger partial charge in [0, 0.05) is 11.0 Å². The largest absolute Gasteiger partial charge is 0.405 e. The lowest BCUT2D eigenvalue weighted by molar-refractivity contribution is 1.25. The summed E-state index contributed by atoms with van der Waals surface area (Å²) in [5.41, 5.74) is 10.3. The van der Waals surface area contributed by atoms with Crippen molar-refractivity contribution < 1.29 is 0 Å². The van der Waals surface area contributed by atoms with E-state index < -0.39 is 0 Å². The van der Waals surface area contributed by atoms with Gasteiger partial charge in [0.15, 0.2) is 0 Å². The van der Waals surface area contributed by atoms with Crippen molar-refractivity contribution in [1.82, 2.24) is 0 Å². The molecule has 3 heteroatoms. The summed E-state index contributed by atoms with van der Waals surface area (Å²) in [4.78, 5) is 0. The van der Waals surface area contributed by atoms with E-state index in [1.165, 1.54) is 6.20 Å². The van der Waals surface area contributed by atoms with E-state index in [1.54, 1.807) is 6.08 Å². The zero-order valence-corrected chi connectivity index (χ0v) is 7.21. The minimum Gasteiger partial charge on any atom is -0.405 e. The van der Waals surface area contributed by atoms with Gasteiger partial charge in [-0.05, 0) is 18.4 Å². The summed E-state index contributed by atoms with van der Waals surface area (Å²) in [5, 5.41) is 0. The summed E-state index contributed by atoms with van der Waals surface area (Å²) < 4.78 is 0.958. The molecule has 0 heterocycles. The normalized spacial score (nSPS) is 13.6. The molecule has 0 aliphatic rings. The first-order valence-electron chi connectivity index (χ1n) is 2.92. The fourth-order valence-electron chi connectivity index (χ4n) is 0.384. The molecule has 0 spiro atoms. The van der Waals surface area contributed by atoms with Crippen LogP contribution in [0.5, 0.6) is 0 Å². The Hall–Kier alpha value is -0.540. The first-order chi connectivity index (χ1) is 4.81. The lowest BCUT2D eigenvalue weighted by Gasteiger charge is -1.83. The molecule has 0 rings (SSSR count). The van der Waals surface area contributed by atoms with Crippen molar-refractivity contribution in [3.63, 3.8) is 0 Å². The van der Waals surface area contributed by atoms with Crippen LogP contribution in [0, 0.1) is 0 Å². The number of halogens is 1. The van der Waals surface area contributed by atoms with Crippen LogP contribution in [0.3, 0.4) is 0 Å². The van der Waals surface area contributed by atoms with Crippen molar-refractivity contribution in [3.05, 3.63) is 35.0 Å². The van der Waals surface area contributed by atoms with Crippen molar-refractivity contribution >= 4 is 15.9 Å². The molecular formula is C7H11BrN2. The molecule has 0 amide bonds. The van der Waals surface area contributed by atoms with E-state index in [0.29, 0.717) is 6.54 Å². The second-order valence-corrected chi connectivity index (χ2v) is 2.49. The lowest BCUT2D eigenvalue weighted by atomic mass is 10.4. The quantitative estimate of drug-likeness (QED) is 0.678. The van der Waals surface area contributed by atoms with Crippen LogP contribution in [0.25, 0.3) is 0 Å². The highest BCUT2D eigenvalue weighted by Crippen LogP contribution is 2.05. The smallest absolute Gasteiger partial charge is 0.0173 e. The Morgan fingerprint density at radius 3 is 2.70 bits per heavy atom. The highest BCUT2D eigenvalue weighted by atomic mass is 79.9. The number of hydrogen-bond acceptors (Lipinski definition) is 2. The van der Waals surface area contributed by atoms with Gasteiger partial charge >= 0.3 is 0 Å².